The highest BCUT2D eigenvalue weighted by atomic mass is 79.9. The van der Waals surface area contributed by atoms with E-state index in [1.54, 1.807) is 63.4 Å². The van der Waals surface area contributed by atoms with Gasteiger partial charge in [-0.25, -0.2) is 0 Å². The number of hydrogen-bond donors (Lipinski definition) is 4. The number of thiocarbonyl (C=S) groups is 1. The number of rotatable bonds is 8. The van der Waals surface area contributed by atoms with E-state index in [1.165, 1.54) is 0 Å². The highest BCUT2D eigenvalue weighted by Crippen LogP contribution is 2.26. The van der Waals surface area contributed by atoms with Crippen LogP contribution < -0.4 is 26.2 Å². The Labute approximate surface area is 205 Å². The Balaban J connectivity index is 1.84. The molecular weight excluding hydrogens is 512 g/mol. The summed E-state index contributed by atoms with van der Waals surface area (Å²) in [4.78, 5) is 36.4. The molecule has 0 atom stereocenters. The lowest BCUT2D eigenvalue weighted by atomic mass is 10.1. The molecule has 0 heterocycles. The second kappa shape index (κ2) is 12.9. The van der Waals surface area contributed by atoms with Crippen LogP contribution in [0.2, 0.25) is 0 Å². The molecule has 0 fully saturated rings. The van der Waals surface area contributed by atoms with Crippen LogP contribution in [0.1, 0.15) is 34.6 Å². The average molecular weight is 537 g/mol. The van der Waals surface area contributed by atoms with E-state index in [0.29, 0.717) is 40.3 Å². The number of carbonyl (C=O) groups excluding carboxylic acids is 3. The van der Waals surface area contributed by atoms with Crippen molar-refractivity contribution in [3.05, 3.63) is 58.1 Å². The van der Waals surface area contributed by atoms with E-state index in [0.717, 1.165) is 0 Å². The summed E-state index contributed by atoms with van der Waals surface area (Å²) in [6.07, 6.45) is 0. The smallest absolute Gasteiger partial charge is 0.269 e. The fourth-order valence-corrected chi connectivity index (χ4v) is 3.01. The summed E-state index contributed by atoms with van der Waals surface area (Å²) in [7, 11) is 1.58. The second-order valence-electron chi connectivity index (χ2n) is 7.07. The van der Waals surface area contributed by atoms with Crippen LogP contribution in [-0.4, -0.2) is 43.2 Å². The van der Waals surface area contributed by atoms with Crippen molar-refractivity contribution in [1.82, 2.24) is 16.2 Å². The van der Waals surface area contributed by atoms with Gasteiger partial charge in [0.25, 0.3) is 11.8 Å². The van der Waals surface area contributed by atoms with E-state index < -0.39 is 11.8 Å². The predicted octanol–water partition coefficient (Wildman–Crippen LogP) is 3.02. The molecule has 2 aromatic rings. The molecule has 0 aliphatic heterocycles. The van der Waals surface area contributed by atoms with E-state index in [9.17, 15) is 14.4 Å². The van der Waals surface area contributed by atoms with Gasteiger partial charge in [0, 0.05) is 29.8 Å². The molecule has 3 amide bonds. The summed E-state index contributed by atoms with van der Waals surface area (Å²) in [5.41, 5.74) is 6.16. The molecule has 0 aromatic heterocycles. The highest BCUT2D eigenvalue weighted by Gasteiger charge is 2.13. The summed E-state index contributed by atoms with van der Waals surface area (Å²) in [6.45, 7) is 4.40. The summed E-state index contributed by atoms with van der Waals surface area (Å²) in [5.74, 6) is -0.618. The minimum absolute atomic E-state index is 0.0780. The van der Waals surface area contributed by atoms with Gasteiger partial charge < -0.3 is 14.8 Å². The van der Waals surface area contributed by atoms with Crippen molar-refractivity contribution in [2.24, 2.45) is 5.92 Å². The molecule has 2 aromatic carbocycles. The minimum atomic E-state index is -0.464. The van der Waals surface area contributed by atoms with Crippen LogP contribution in [0.4, 0.5) is 5.69 Å². The Morgan fingerprint density at radius 3 is 2.24 bits per heavy atom. The quantitative estimate of drug-likeness (QED) is 0.232. The molecule has 33 heavy (non-hydrogen) atoms. The van der Waals surface area contributed by atoms with Crippen molar-refractivity contribution in [2.45, 2.75) is 13.8 Å². The predicted molar refractivity (Wildman–Crippen MR) is 132 cm³/mol. The molecule has 0 saturated heterocycles. The van der Waals surface area contributed by atoms with E-state index >= 15 is 0 Å². The molecule has 0 bridgehead atoms. The zero-order valence-electron chi connectivity index (χ0n) is 18.4. The standard InChI is InChI=1S/C22H25BrN4O5S/c1-13(2)19(28)24-16-7-4-14(5-8-16)21(30)26-27-22(33)25-20(29)15-6-9-18(17(23)12-15)32-11-10-31-3/h4-9,12-13H,10-11H2,1-3H3,(H,24,28)(H,26,30)(H2,25,27,29,33). The monoisotopic (exact) mass is 536 g/mol. The number of methoxy groups -OCH3 is 1. The molecule has 0 aliphatic carbocycles. The van der Waals surface area contributed by atoms with Gasteiger partial charge in [-0.05, 0) is 70.6 Å². The first-order chi connectivity index (χ1) is 15.7. The van der Waals surface area contributed by atoms with Gasteiger partial charge in [-0.3, -0.25) is 30.6 Å². The van der Waals surface area contributed by atoms with Crippen molar-refractivity contribution in [2.75, 3.05) is 25.6 Å². The number of benzene rings is 2. The molecule has 0 spiro atoms. The van der Waals surface area contributed by atoms with Crippen LogP contribution in [-0.2, 0) is 9.53 Å². The molecule has 11 heteroatoms. The molecule has 9 nitrogen and oxygen atoms in total. The van der Waals surface area contributed by atoms with E-state index in [-0.39, 0.29) is 16.9 Å². The zero-order chi connectivity index (χ0) is 24.4. The van der Waals surface area contributed by atoms with Crippen molar-refractivity contribution in [1.29, 1.82) is 0 Å². The zero-order valence-corrected chi connectivity index (χ0v) is 20.8. The van der Waals surface area contributed by atoms with Crippen molar-refractivity contribution in [3.8, 4) is 5.75 Å². The van der Waals surface area contributed by atoms with Crippen molar-refractivity contribution in [3.63, 3.8) is 0 Å². The summed E-state index contributed by atoms with van der Waals surface area (Å²) in [5, 5.41) is 5.15. The van der Waals surface area contributed by atoms with Crippen LogP contribution in [0.5, 0.6) is 5.75 Å². The van der Waals surface area contributed by atoms with E-state index in [1.807, 2.05) is 0 Å². The van der Waals surface area contributed by atoms with Gasteiger partial charge in [-0.2, -0.15) is 0 Å². The SMILES string of the molecule is COCCOc1ccc(C(=O)NC(=S)NNC(=O)c2ccc(NC(=O)C(C)C)cc2)cc1Br. The number of hydrogen-bond acceptors (Lipinski definition) is 6. The number of nitrogens with one attached hydrogen (secondary N) is 4. The molecule has 0 aliphatic rings. The lowest BCUT2D eigenvalue weighted by Crippen LogP contribution is -2.48. The number of anilines is 1. The largest absolute Gasteiger partial charge is 0.490 e. The lowest BCUT2D eigenvalue weighted by Gasteiger charge is -2.12. The number of halogens is 1. The first-order valence-corrected chi connectivity index (χ1v) is 11.1. The molecule has 0 radical (unpaired) electrons. The van der Waals surface area contributed by atoms with Gasteiger partial charge in [0.2, 0.25) is 5.91 Å². The van der Waals surface area contributed by atoms with Gasteiger partial charge in [0.15, 0.2) is 5.11 Å². The molecule has 176 valence electrons. The highest BCUT2D eigenvalue weighted by molar-refractivity contribution is 9.10. The first kappa shape index (κ1) is 26.2. The third-order valence-electron chi connectivity index (χ3n) is 4.19. The van der Waals surface area contributed by atoms with Crippen LogP contribution in [0.3, 0.4) is 0 Å². The number of amides is 3. The molecule has 0 unspecified atom stereocenters. The van der Waals surface area contributed by atoms with E-state index in [2.05, 4.69) is 37.4 Å². The van der Waals surface area contributed by atoms with Gasteiger partial charge in [0.05, 0.1) is 11.1 Å². The average Bonchev–Trinajstić information content (AvgIpc) is 2.79. The second-order valence-corrected chi connectivity index (χ2v) is 8.33. The summed E-state index contributed by atoms with van der Waals surface area (Å²) in [6, 6.07) is 11.2. The maximum absolute atomic E-state index is 12.4. The Bertz CT molecular complexity index is 1010. The van der Waals surface area contributed by atoms with Crippen LogP contribution >= 0.6 is 28.1 Å². The van der Waals surface area contributed by atoms with Gasteiger partial charge >= 0.3 is 0 Å². The topological polar surface area (TPSA) is 118 Å². The third kappa shape index (κ3) is 8.44. The summed E-state index contributed by atoms with van der Waals surface area (Å²) >= 11 is 8.42. The number of ether oxygens (including phenoxy) is 2. The normalized spacial score (nSPS) is 10.3. The Kier molecular flexibility index (Phi) is 10.2. The van der Waals surface area contributed by atoms with Crippen molar-refractivity contribution >= 4 is 56.7 Å². The maximum atomic E-state index is 12.4. The Morgan fingerprint density at radius 2 is 1.64 bits per heavy atom. The van der Waals surface area contributed by atoms with Gasteiger partial charge in [-0.1, -0.05) is 13.8 Å². The molecular formula is C22H25BrN4O5S. The number of carbonyl (C=O) groups is 3. The maximum Gasteiger partial charge on any atom is 0.269 e. The lowest BCUT2D eigenvalue weighted by molar-refractivity contribution is -0.118. The van der Waals surface area contributed by atoms with Gasteiger partial charge in [-0.15, -0.1) is 0 Å². The minimum Gasteiger partial charge on any atom is -0.490 e. The molecule has 4 N–H and O–H groups in total. The summed E-state index contributed by atoms with van der Waals surface area (Å²) < 4.78 is 11.1. The Morgan fingerprint density at radius 1 is 0.970 bits per heavy atom. The van der Waals surface area contributed by atoms with Crippen molar-refractivity contribution < 1.29 is 23.9 Å². The van der Waals surface area contributed by atoms with Gasteiger partial charge in [0.1, 0.15) is 12.4 Å². The Hall–Kier alpha value is -3.02. The first-order valence-electron chi connectivity index (χ1n) is 9.95. The molecule has 0 saturated carbocycles. The van der Waals surface area contributed by atoms with Crippen LogP contribution in [0, 0.1) is 5.92 Å². The third-order valence-corrected chi connectivity index (χ3v) is 5.02. The van der Waals surface area contributed by atoms with E-state index in [4.69, 9.17) is 21.7 Å². The van der Waals surface area contributed by atoms with Crippen LogP contribution in [0.15, 0.2) is 46.9 Å². The fraction of sp³-hybridized carbons (Fsp3) is 0.273. The fourth-order valence-electron chi connectivity index (χ4n) is 2.38. The number of hydrazine groups is 1. The molecule has 2 rings (SSSR count). The van der Waals surface area contributed by atoms with Crippen LogP contribution in [0.25, 0.3) is 0 Å².